The number of H-pyrrole nitrogens is 1. The number of aromatic amines is 1. The molecule has 2 N–H and O–H groups in total. The summed E-state index contributed by atoms with van der Waals surface area (Å²) >= 11 is 0. The SMILES string of the molecule is CNCc1ccc2c(c1)[nH]c(=O)n2C1CC1. The van der Waals surface area contributed by atoms with E-state index in [1.54, 1.807) is 0 Å². The number of imidazole rings is 1. The number of rotatable bonds is 3. The topological polar surface area (TPSA) is 49.8 Å². The molecule has 1 aliphatic carbocycles. The summed E-state index contributed by atoms with van der Waals surface area (Å²) in [6.45, 7) is 0.826. The molecule has 0 amide bonds. The second-order valence-electron chi connectivity index (χ2n) is 4.41. The van der Waals surface area contributed by atoms with Crippen LogP contribution in [0.3, 0.4) is 0 Å². The molecule has 2 aromatic rings. The lowest BCUT2D eigenvalue weighted by atomic mass is 10.2. The summed E-state index contributed by atoms with van der Waals surface area (Å²) in [5.74, 6) is 0. The summed E-state index contributed by atoms with van der Waals surface area (Å²) in [5, 5.41) is 3.11. The quantitative estimate of drug-likeness (QED) is 0.816. The highest BCUT2D eigenvalue weighted by atomic mass is 16.1. The molecule has 3 rings (SSSR count). The molecule has 0 aliphatic heterocycles. The minimum absolute atomic E-state index is 0.0270. The van der Waals surface area contributed by atoms with E-state index in [9.17, 15) is 4.79 Å². The van der Waals surface area contributed by atoms with Crippen molar-refractivity contribution in [2.24, 2.45) is 0 Å². The lowest BCUT2D eigenvalue weighted by molar-refractivity contribution is 0.733. The third-order valence-electron chi connectivity index (χ3n) is 3.07. The lowest BCUT2D eigenvalue weighted by Crippen LogP contribution is -2.14. The van der Waals surface area contributed by atoms with Crippen molar-refractivity contribution in [2.75, 3.05) is 7.05 Å². The Kier molecular flexibility index (Phi) is 2.11. The average molecular weight is 217 g/mol. The Morgan fingerprint density at radius 1 is 1.50 bits per heavy atom. The standard InChI is InChI=1S/C12H15N3O/c1-13-7-8-2-5-11-10(6-8)14-12(16)15(11)9-3-4-9/h2,5-6,9,13H,3-4,7H2,1H3,(H,14,16). The van der Waals surface area contributed by atoms with Crippen molar-refractivity contribution in [1.82, 2.24) is 14.9 Å². The summed E-state index contributed by atoms with van der Waals surface area (Å²) in [4.78, 5) is 14.7. The zero-order valence-electron chi connectivity index (χ0n) is 9.29. The van der Waals surface area contributed by atoms with Gasteiger partial charge in [-0.2, -0.15) is 0 Å². The molecule has 0 radical (unpaired) electrons. The molecule has 16 heavy (non-hydrogen) atoms. The molecule has 4 heteroatoms. The minimum atomic E-state index is 0.0270. The van der Waals surface area contributed by atoms with Crippen molar-refractivity contribution in [3.8, 4) is 0 Å². The van der Waals surface area contributed by atoms with Crippen molar-refractivity contribution < 1.29 is 0 Å². The molecule has 0 unspecified atom stereocenters. The van der Waals surface area contributed by atoms with E-state index >= 15 is 0 Å². The van der Waals surface area contributed by atoms with Gasteiger partial charge in [0.1, 0.15) is 0 Å². The van der Waals surface area contributed by atoms with Crippen molar-refractivity contribution >= 4 is 11.0 Å². The van der Waals surface area contributed by atoms with Gasteiger partial charge in [-0.3, -0.25) is 4.57 Å². The van der Waals surface area contributed by atoms with Crippen LogP contribution < -0.4 is 11.0 Å². The van der Waals surface area contributed by atoms with E-state index in [0.717, 1.165) is 30.4 Å². The first-order valence-corrected chi connectivity index (χ1v) is 5.67. The Balaban J connectivity index is 2.15. The molecule has 1 fully saturated rings. The second-order valence-corrected chi connectivity index (χ2v) is 4.41. The van der Waals surface area contributed by atoms with Crippen molar-refractivity contribution in [3.05, 3.63) is 34.2 Å². The van der Waals surface area contributed by atoms with Crippen molar-refractivity contribution in [3.63, 3.8) is 0 Å². The first-order valence-electron chi connectivity index (χ1n) is 5.67. The Hall–Kier alpha value is -1.55. The van der Waals surface area contributed by atoms with Gasteiger partial charge in [-0.05, 0) is 37.6 Å². The Morgan fingerprint density at radius 2 is 2.31 bits per heavy atom. The second kappa shape index (κ2) is 3.49. The van der Waals surface area contributed by atoms with Gasteiger partial charge in [-0.1, -0.05) is 6.07 Å². The van der Waals surface area contributed by atoms with Crippen LogP contribution in [0, 0.1) is 0 Å². The number of hydrogen-bond acceptors (Lipinski definition) is 2. The Morgan fingerprint density at radius 3 is 3.00 bits per heavy atom. The van der Waals surface area contributed by atoms with Gasteiger partial charge >= 0.3 is 5.69 Å². The fourth-order valence-corrected chi connectivity index (χ4v) is 2.19. The molecule has 1 aromatic heterocycles. The first kappa shape index (κ1) is 9.66. The fraction of sp³-hybridized carbons (Fsp3) is 0.417. The van der Waals surface area contributed by atoms with Gasteiger partial charge in [0.25, 0.3) is 0 Å². The van der Waals surface area contributed by atoms with Crippen LogP contribution in [0.4, 0.5) is 0 Å². The molecular formula is C12H15N3O. The molecule has 84 valence electrons. The van der Waals surface area contributed by atoms with Crippen molar-refractivity contribution in [1.29, 1.82) is 0 Å². The molecule has 4 nitrogen and oxygen atoms in total. The number of benzene rings is 1. The summed E-state index contributed by atoms with van der Waals surface area (Å²) in [7, 11) is 1.92. The van der Waals surface area contributed by atoms with Gasteiger partial charge in [0.05, 0.1) is 11.0 Å². The number of nitrogens with one attached hydrogen (secondary N) is 2. The van der Waals surface area contributed by atoms with Gasteiger partial charge in [0.2, 0.25) is 0 Å². The maximum atomic E-state index is 11.8. The summed E-state index contributed by atoms with van der Waals surface area (Å²) in [6, 6.07) is 6.59. The predicted molar refractivity (Wildman–Crippen MR) is 63.6 cm³/mol. The normalized spacial score (nSPS) is 15.8. The van der Waals surface area contributed by atoms with Crippen molar-refractivity contribution in [2.45, 2.75) is 25.4 Å². The van der Waals surface area contributed by atoms with E-state index in [-0.39, 0.29) is 5.69 Å². The highest BCUT2D eigenvalue weighted by Crippen LogP contribution is 2.35. The van der Waals surface area contributed by atoms with Crippen LogP contribution >= 0.6 is 0 Å². The van der Waals surface area contributed by atoms with E-state index in [4.69, 9.17) is 0 Å². The Bertz CT molecular complexity index is 577. The number of hydrogen-bond donors (Lipinski definition) is 2. The summed E-state index contributed by atoms with van der Waals surface area (Å²) < 4.78 is 1.89. The van der Waals surface area contributed by atoms with Crippen LogP contribution in [0.2, 0.25) is 0 Å². The zero-order chi connectivity index (χ0) is 11.1. The maximum Gasteiger partial charge on any atom is 0.326 e. The molecule has 1 heterocycles. The summed E-state index contributed by atoms with van der Waals surface area (Å²) in [5.41, 5.74) is 3.20. The van der Waals surface area contributed by atoms with Gasteiger partial charge in [0, 0.05) is 12.6 Å². The average Bonchev–Trinajstić information content (AvgIpc) is 3.02. The number of fused-ring (bicyclic) bond motifs is 1. The fourth-order valence-electron chi connectivity index (χ4n) is 2.19. The van der Waals surface area contributed by atoms with Crippen LogP contribution in [-0.4, -0.2) is 16.6 Å². The van der Waals surface area contributed by atoms with E-state index in [1.165, 1.54) is 5.56 Å². The van der Waals surface area contributed by atoms with E-state index in [0.29, 0.717) is 6.04 Å². The smallest absolute Gasteiger partial charge is 0.316 e. The van der Waals surface area contributed by atoms with Gasteiger partial charge in [-0.25, -0.2) is 4.79 Å². The third kappa shape index (κ3) is 1.46. The Labute approximate surface area is 93.3 Å². The predicted octanol–water partition coefficient (Wildman–Crippen LogP) is 1.38. The number of nitrogens with zero attached hydrogens (tertiary/aromatic N) is 1. The molecule has 1 aromatic carbocycles. The molecule has 0 atom stereocenters. The lowest BCUT2D eigenvalue weighted by Gasteiger charge is -2.02. The first-order chi connectivity index (χ1) is 7.79. The van der Waals surface area contributed by atoms with E-state index in [2.05, 4.69) is 16.4 Å². The highest BCUT2D eigenvalue weighted by Gasteiger charge is 2.26. The van der Waals surface area contributed by atoms with Gasteiger partial charge in [0.15, 0.2) is 0 Å². The molecular weight excluding hydrogens is 202 g/mol. The largest absolute Gasteiger partial charge is 0.326 e. The van der Waals surface area contributed by atoms with Crippen LogP contribution in [0.1, 0.15) is 24.4 Å². The zero-order valence-corrected chi connectivity index (χ0v) is 9.29. The minimum Gasteiger partial charge on any atom is -0.316 e. The molecule has 1 saturated carbocycles. The van der Waals surface area contributed by atoms with Crippen LogP contribution in [0.5, 0.6) is 0 Å². The third-order valence-corrected chi connectivity index (χ3v) is 3.07. The van der Waals surface area contributed by atoms with Gasteiger partial charge in [-0.15, -0.1) is 0 Å². The molecule has 0 spiro atoms. The van der Waals surface area contributed by atoms with Crippen LogP contribution in [-0.2, 0) is 6.54 Å². The monoisotopic (exact) mass is 217 g/mol. The molecule has 1 aliphatic rings. The maximum absolute atomic E-state index is 11.8. The van der Waals surface area contributed by atoms with Crippen LogP contribution in [0.15, 0.2) is 23.0 Å². The van der Waals surface area contributed by atoms with Gasteiger partial charge < -0.3 is 10.3 Å². The van der Waals surface area contributed by atoms with E-state index < -0.39 is 0 Å². The van der Waals surface area contributed by atoms with Crippen LogP contribution in [0.25, 0.3) is 11.0 Å². The number of aromatic nitrogens is 2. The summed E-state index contributed by atoms with van der Waals surface area (Å²) in [6.07, 6.45) is 2.26. The molecule has 0 bridgehead atoms. The van der Waals surface area contributed by atoms with E-state index in [1.807, 2.05) is 23.7 Å². The molecule has 0 saturated heterocycles. The highest BCUT2D eigenvalue weighted by molar-refractivity contribution is 5.76.